The molecule has 0 saturated heterocycles. The molecule has 174 valence electrons. The van der Waals surface area contributed by atoms with Crippen molar-refractivity contribution in [2.75, 3.05) is 0 Å². The number of rotatable bonds is 9. The van der Waals surface area contributed by atoms with Crippen LogP contribution in [0.1, 0.15) is 36.7 Å². The number of aromatic hydroxyl groups is 1. The van der Waals surface area contributed by atoms with Crippen LogP contribution in [-0.4, -0.2) is 34.1 Å². The Morgan fingerprint density at radius 1 is 1.18 bits per heavy atom. The van der Waals surface area contributed by atoms with E-state index in [0.717, 1.165) is 25.0 Å². The van der Waals surface area contributed by atoms with Gasteiger partial charge < -0.3 is 5.11 Å². The number of carbonyl (C=O) groups excluding carboxylic acids is 1. The standard InChI is InChI=1S/C20H21N5O7S/c1-2-3-6-11-24-20(28)15-8-5-4-7-14(15)18(22-24)19(27)21-23-33(31,32)13-9-10-17(26)16(12-13)25(29)30/h4-5,7-10,12,23,26H,2-3,6,11H2,1H3,(H,21,27). The van der Waals surface area contributed by atoms with E-state index < -0.39 is 37.2 Å². The molecule has 0 aliphatic rings. The fourth-order valence-electron chi connectivity index (χ4n) is 3.11. The second-order valence-corrected chi connectivity index (χ2v) is 8.78. The van der Waals surface area contributed by atoms with Gasteiger partial charge in [-0.1, -0.05) is 38.0 Å². The maximum Gasteiger partial charge on any atom is 0.312 e. The predicted molar refractivity (Wildman–Crippen MR) is 118 cm³/mol. The van der Waals surface area contributed by atoms with E-state index in [-0.39, 0.29) is 22.0 Å². The molecule has 1 heterocycles. The van der Waals surface area contributed by atoms with E-state index in [1.807, 2.05) is 17.2 Å². The second-order valence-electron chi connectivity index (χ2n) is 7.10. The third-order valence-corrected chi connectivity index (χ3v) is 6.05. The highest BCUT2D eigenvalue weighted by molar-refractivity contribution is 7.89. The van der Waals surface area contributed by atoms with Crippen molar-refractivity contribution in [3.05, 3.63) is 68.6 Å². The molecular weight excluding hydrogens is 454 g/mol. The molecule has 0 saturated carbocycles. The molecule has 0 fully saturated rings. The van der Waals surface area contributed by atoms with E-state index in [4.69, 9.17) is 0 Å². The van der Waals surface area contributed by atoms with Crippen LogP contribution in [0.4, 0.5) is 5.69 Å². The fourth-order valence-corrected chi connectivity index (χ4v) is 3.97. The molecular formula is C20H21N5O7S. The summed E-state index contributed by atoms with van der Waals surface area (Å²) in [5, 5.41) is 25.1. The van der Waals surface area contributed by atoms with Gasteiger partial charge >= 0.3 is 5.69 Å². The number of phenols is 1. The van der Waals surface area contributed by atoms with E-state index in [9.17, 15) is 33.2 Å². The number of fused-ring (bicyclic) bond motifs is 1. The third-order valence-electron chi connectivity index (χ3n) is 4.81. The van der Waals surface area contributed by atoms with Crippen LogP contribution in [0.3, 0.4) is 0 Å². The Morgan fingerprint density at radius 2 is 1.88 bits per heavy atom. The van der Waals surface area contributed by atoms with Gasteiger partial charge in [-0.3, -0.25) is 25.1 Å². The number of nitrogens with one attached hydrogen (secondary N) is 2. The summed E-state index contributed by atoms with van der Waals surface area (Å²) >= 11 is 0. The lowest BCUT2D eigenvalue weighted by molar-refractivity contribution is -0.386. The zero-order valence-electron chi connectivity index (χ0n) is 17.5. The molecule has 0 aliphatic heterocycles. The molecule has 3 rings (SSSR count). The molecule has 0 unspecified atom stereocenters. The minimum Gasteiger partial charge on any atom is -0.502 e. The second kappa shape index (κ2) is 9.75. The Bertz CT molecular complexity index is 1390. The first kappa shape index (κ1) is 23.8. The zero-order valence-corrected chi connectivity index (χ0v) is 18.3. The molecule has 2 aromatic carbocycles. The van der Waals surface area contributed by atoms with Crippen LogP contribution in [0, 0.1) is 10.1 Å². The molecule has 0 atom stereocenters. The molecule has 3 N–H and O–H groups in total. The number of benzene rings is 2. The van der Waals surface area contributed by atoms with Gasteiger partial charge in [-0.2, -0.15) is 5.10 Å². The lowest BCUT2D eigenvalue weighted by atomic mass is 10.1. The van der Waals surface area contributed by atoms with Gasteiger partial charge in [-0.05, 0) is 24.6 Å². The minimum absolute atomic E-state index is 0.166. The summed E-state index contributed by atoms with van der Waals surface area (Å²) in [5.41, 5.74) is 0.680. The summed E-state index contributed by atoms with van der Waals surface area (Å²) in [4.78, 5) is 36.8. The maximum absolute atomic E-state index is 12.8. The number of amides is 1. The van der Waals surface area contributed by atoms with Gasteiger partial charge in [-0.15, -0.1) is 4.83 Å². The van der Waals surface area contributed by atoms with Crippen molar-refractivity contribution >= 4 is 32.4 Å². The molecule has 0 spiro atoms. The Labute approximate surface area is 188 Å². The first-order chi connectivity index (χ1) is 15.7. The SMILES string of the molecule is CCCCCn1nc(C(=O)NNS(=O)(=O)c2ccc(O)c([N+](=O)[O-])c2)c2ccccc2c1=O. The number of nitro benzene ring substituents is 1. The first-order valence-corrected chi connectivity index (χ1v) is 11.4. The Hall–Kier alpha value is -3.84. The number of unbranched alkanes of at least 4 members (excludes halogenated alkanes) is 2. The highest BCUT2D eigenvalue weighted by Crippen LogP contribution is 2.28. The van der Waals surface area contributed by atoms with E-state index in [1.165, 1.54) is 10.7 Å². The lowest BCUT2D eigenvalue weighted by Crippen LogP contribution is -2.42. The van der Waals surface area contributed by atoms with Crippen molar-refractivity contribution in [2.45, 2.75) is 37.6 Å². The van der Waals surface area contributed by atoms with Gasteiger partial charge in [0.1, 0.15) is 0 Å². The van der Waals surface area contributed by atoms with Crippen molar-refractivity contribution in [3.8, 4) is 5.75 Å². The summed E-state index contributed by atoms with van der Waals surface area (Å²) in [5.74, 6) is -1.63. The number of nitro groups is 1. The zero-order chi connectivity index (χ0) is 24.2. The van der Waals surface area contributed by atoms with E-state index in [2.05, 4.69) is 5.10 Å². The molecule has 13 heteroatoms. The highest BCUT2D eigenvalue weighted by atomic mass is 32.2. The topological polar surface area (TPSA) is 174 Å². The summed E-state index contributed by atoms with van der Waals surface area (Å²) in [7, 11) is -4.42. The Morgan fingerprint density at radius 3 is 2.55 bits per heavy atom. The van der Waals surface area contributed by atoms with Crippen molar-refractivity contribution in [1.82, 2.24) is 20.0 Å². The molecule has 12 nitrogen and oxygen atoms in total. The molecule has 0 radical (unpaired) electrons. The molecule has 1 aromatic heterocycles. The summed E-state index contributed by atoms with van der Waals surface area (Å²) in [6.07, 6.45) is 2.46. The number of phenolic OH excluding ortho intramolecular Hbond substituents is 1. The Balaban J connectivity index is 1.90. The fraction of sp³-hybridized carbons (Fsp3) is 0.250. The van der Waals surface area contributed by atoms with Crippen molar-refractivity contribution < 1.29 is 23.2 Å². The average Bonchev–Trinajstić information content (AvgIpc) is 2.79. The van der Waals surface area contributed by atoms with E-state index in [1.54, 1.807) is 18.2 Å². The minimum atomic E-state index is -4.42. The quantitative estimate of drug-likeness (QED) is 0.239. The van der Waals surface area contributed by atoms with Crippen molar-refractivity contribution in [1.29, 1.82) is 0 Å². The number of hydrogen-bond acceptors (Lipinski definition) is 8. The number of hydrogen-bond donors (Lipinski definition) is 3. The number of carbonyl (C=O) groups is 1. The van der Waals surface area contributed by atoms with Crippen LogP contribution in [0.15, 0.2) is 52.2 Å². The molecule has 3 aromatic rings. The van der Waals surface area contributed by atoms with E-state index in [0.29, 0.717) is 19.0 Å². The normalized spacial score (nSPS) is 11.4. The lowest BCUT2D eigenvalue weighted by Gasteiger charge is -2.12. The smallest absolute Gasteiger partial charge is 0.312 e. The van der Waals surface area contributed by atoms with Gasteiger partial charge in [0.15, 0.2) is 11.4 Å². The molecule has 0 aliphatic carbocycles. The van der Waals surface area contributed by atoms with Crippen LogP contribution in [0.5, 0.6) is 5.75 Å². The van der Waals surface area contributed by atoms with Gasteiger partial charge in [0.05, 0.1) is 15.2 Å². The van der Waals surface area contributed by atoms with E-state index >= 15 is 0 Å². The summed E-state index contributed by atoms with van der Waals surface area (Å²) in [6, 6.07) is 8.78. The van der Waals surface area contributed by atoms with Gasteiger partial charge in [0.25, 0.3) is 21.5 Å². The van der Waals surface area contributed by atoms with Gasteiger partial charge in [0, 0.05) is 18.0 Å². The number of sulfonamides is 1. The number of aromatic nitrogens is 2. The van der Waals surface area contributed by atoms with Crippen LogP contribution in [0.2, 0.25) is 0 Å². The molecule has 33 heavy (non-hydrogen) atoms. The molecule has 0 bridgehead atoms. The highest BCUT2D eigenvalue weighted by Gasteiger charge is 2.23. The molecule has 1 amide bonds. The number of nitrogens with zero attached hydrogens (tertiary/aromatic N) is 3. The monoisotopic (exact) mass is 475 g/mol. The summed E-state index contributed by atoms with van der Waals surface area (Å²) < 4.78 is 26.2. The van der Waals surface area contributed by atoms with Crippen molar-refractivity contribution in [3.63, 3.8) is 0 Å². The predicted octanol–water partition coefficient (Wildman–Crippen LogP) is 1.82. The third kappa shape index (κ3) is 5.15. The maximum atomic E-state index is 12.8. The van der Waals surface area contributed by atoms with Crippen LogP contribution in [-0.2, 0) is 16.6 Å². The number of hydrazine groups is 1. The first-order valence-electron chi connectivity index (χ1n) is 9.95. The Kier molecular flexibility index (Phi) is 7.04. The van der Waals surface area contributed by atoms with Gasteiger partial charge in [-0.25, -0.2) is 13.1 Å². The average molecular weight is 475 g/mol. The van der Waals surface area contributed by atoms with Crippen LogP contribution < -0.4 is 15.8 Å². The largest absolute Gasteiger partial charge is 0.502 e. The van der Waals surface area contributed by atoms with Gasteiger partial charge in [0.2, 0.25) is 0 Å². The van der Waals surface area contributed by atoms with Crippen LogP contribution in [0.25, 0.3) is 10.8 Å². The van der Waals surface area contributed by atoms with Crippen molar-refractivity contribution in [2.24, 2.45) is 0 Å². The summed E-state index contributed by atoms with van der Waals surface area (Å²) in [6.45, 7) is 2.30. The number of aryl methyl sites for hydroxylation is 1. The van der Waals surface area contributed by atoms with Crippen LogP contribution >= 0.6 is 0 Å².